The standard InChI is InChI=1S/C28H35N3O5/c1-5-36-28(33)24-8-6-7-15-30(24)18-27(32)31-25(22-14-13-21(34-3)16-26(22)35-4)17-23(29-31)20-11-9-19(2)10-12-20/h9-14,16,24-25H,5-8,15,17-18H2,1-4H3/t24-,25-/m1/s1. The van der Waals surface area contributed by atoms with Gasteiger partial charge in [-0.05, 0) is 50.9 Å². The topological polar surface area (TPSA) is 80.7 Å². The van der Waals surface area contributed by atoms with Crippen molar-refractivity contribution in [2.24, 2.45) is 5.10 Å². The highest BCUT2D eigenvalue weighted by atomic mass is 16.5. The number of esters is 1. The Morgan fingerprint density at radius 1 is 1.06 bits per heavy atom. The molecule has 192 valence electrons. The van der Waals surface area contributed by atoms with Crippen LogP contribution >= 0.6 is 0 Å². The molecule has 8 heteroatoms. The molecule has 0 aliphatic carbocycles. The van der Waals surface area contributed by atoms with Crippen LogP contribution in [0.1, 0.15) is 55.3 Å². The van der Waals surface area contributed by atoms with Crippen LogP contribution in [0.3, 0.4) is 0 Å². The Morgan fingerprint density at radius 2 is 1.83 bits per heavy atom. The van der Waals surface area contributed by atoms with Crippen LogP contribution in [0.25, 0.3) is 0 Å². The Labute approximate surface area is 212 Å². The van der Waals surface area contributed by atoms with Crippen molar-refractivity contribution in [3.63, 3.8) is 0 Å². The zero-order valence-electron chi connectivity index (χ0n) is 21.5. The van der Waals surface area contributed by atoms with Gasteiger partial charge < -0.3 is 14.2 Å². The van der Waals surface area contributed by atoms with Gasteiger partial charge in [0.05, 0.1) is 39.1 Å². The molecule has 36 heavy (non-hydrogen) atoms. The fourth-order valence-electron chi connectivity index (χ4n) is 4.93. The molecule has 2 aliphatic rings. The molecule has 4 rings (SSSR count). The van der Waals surface area contributed by atoms with Crippen molar-refractivity contribution >= 4 is 17.6 Å². The number of hydrazone groups is 1. The van der Waals surface area contributed by atoms with Crippen molar-refractivity contribution < 1.29 is 23.8 Å². The van der Waals surface area contributed by atoms with Gasteiger partial charge in [0.25, 0.3) is 5.91 Å². The van der Waals surface area contributed by atoms with Crippen molar-refractivity contribution in [3.05, 3.63) is 59.2 Å². The summed E-state index contributed by atoms with van der Waals surface area (Å²) in [6, 6.07) is 13.0. The molecule has 8 nitrogen and oxygen atoms in total. The number of aryl methyl sites for hydroxylation is 1. The molecule has 1 saturated heterocycles. The molecule has 0 bridgehead atoms. The van der Waals surface area contributed by atoms with Gasteiger partial charge in [-0.2, -0.15) is 5.10 Å². The number of hydrogen-bond donors (Lipinski definition) is 0. The summed E-state index contributed by atoms with van der Waals surface area (Å²) in [5.41, 5.74) is 3.84. The van der Waals surface area contributed by atoms with Gasteiger partial charge in [-0.15, -0.1) is 0 Å². The minimum absolute atomic E-state index is 0.100. The van der Waals surface area contributed by atoms with Gasteiger partial charge in [-0.25, -0.2) is 5.01 Å². The smallest absolute Gasteiger partial charge is 0.323 e. The fourth-order valence-corrected chi connectivity index (χ4v) is 4.93. The van der Waals surface area contributed by atoms with E-state index in [2.05, 4.69) is 0 Å². The summed E-state index contributed by atoms with van der Waals surface area (Å²) in [4.78, 5) is 28.2. The number of methoxy groups -OCH3 is 2. The zero-order chi connectivity index (χ0) is 25.7. The molecule has 2 aromatic rings. The fraction of sp³-hybridized carbons (Fsp3) is 0.464. The van der Waals surface area contributed by atoms with E-state index in [1.807, 2.05) is 54.3 Å². The molecule has 2 heterocycles. The van der Waals surface area contributed by atoms with E-state index in [4.69, 9.17) is 19.3 Å². The van der Waals surface area contributed by atoms with Crippen molar-refractivity contribution in [2.45, 2.75) is 51.6 Å². The van der Waals surface area contributed by atoms with E-state index in [1.165, 1.54) is 0 Å². The quantitative estimate of drug-likeness (QED) is 0.515. The monoisotopic (exact) mass is 493 g/mol. The second kappa shape index (κ2) is 11.6. The summed E-state index contributed by atoms with van der Waals surface area (Å²) in [5, 5.41) is 6.37. The minimum atomic E-state index is -0.403. The number of rotatable bonds is 8. The van der Waals surface area contributed by atoms with Gasteiger partial charge in [0.2, 0.25) is 0 Å². The van der Waals surface area contributed by atoms with Gasteiger partial charge >= 0.3 is 5.97 Å². The van der Waals surface area contributed by atoms with Crippen LogP contribution in [-0.2, 0) is 14.3 Å². The van der Waals surface area contributed by atoms with Crippen LogP contribution in [-0.4, -0.2) is 67.5 Å². The Kier molecular flexibility index (Phi) is 8.25. The third-order valence-corrected chi connectivity index (χ3v) is 6.86. The highest BCUT2D eigenvalue weighted by molar-refractivity contribution is 6.03. The average molecular weight is 494 g/mol. The highest BCUT2D eigenvalue weighted by Crippen LogP contribution is 2.39. The molecule has 1 fully saturated rings. The number of amides is 1. The number of nitrogens with zero attached hydrogens (tertiary/aromatic N) is 3. The molecular formula is C28H35N3O5. The Hall–Kier alpha value is -3.39. The molecule has 0 unspecified atom stereocenters. The number of ether oxygens (including phenoxy) is 3. The zero-order valence-corrected chi connectivity index (χ0v) is 21.5. The molecule has 0 N–H and O–H groups in total. The predicted octanol–water partition coefficient (Wildman–Crippen LogP) is 4.11. The molecule has 0 aromatic heterocycles. The van der Waals surface area contributed by atoms with E-state index < -0.39 is 6.04 Å². The summed E-state index contributed by atoms with van der Waals surface area (Å²) in [7, 11) is 3.22. The molecule has 0 radical (unpaired) electrons. The van der Waals surface area contributed by atoms with Crippen LogP contribution in [0.5, 0.6) is 11.5 Å². The second-order valence-corrected chi connectivity index (χ2v) is 9.21. The predicted molar refractivity (Wildman–Crippen MR) is 137 cm³/mol. The largest absolute Gasteiger partial charge is 0.497 e. The minimum Gasteiger partial charge on any atom is -0.497 e. The van der Waals surface area contributed by atoms with Crippen LogP contribution in [0.2, 0.25) is 0 Å². The van der Waals surface area contributed by atoms with Gasteiger partial charge in [0, 0.05) is 18.1 Å². The average Bonchev–Trinajstić information content (AvgIpc) is 3.34. The molecule has 0 spiro atoms. The first kappa shape index (κ1) is 25.7. The second-order valence-electron chi connectivity index (χ2n) is 9.21. The van der Waals surface area contributed by atoms with Gasteiger partial charge in [-0.1, -0.05) is 36.2 Å². The Balaban J connectivity index is 1.64. The molecular weight excluding hydrogens is 458 g/mol. The first-order valence-electron chi connectivity index (χ1n) is 12.5. The third-order valence-electron chi connectivity index (χ3n) is 6.86. The van der Waals surface area contributed by atoms with Crippen molar-refractivity contribution in [3.8, 4) is 11.5 Å². The van der Waals surface area contributed by atoms with Gasteiger partial charge in [0.15, 0.2) is 0 Å². The molecule has 2 aromatic carbocycles. The number of benzene rings is 2. The maximum atomic E-state index is 13.7. The molecule has 0 saturated carbocycles. The maximum absolute atomic E-state index is 13.7. The van der Waals surface area contributed by atoms with E-state index in [9.17, 15) is 9.59 Å². The highest BCUT2D eigenvalue weighted by Gasteiger charge is 2.38. The van der Waals surface area contributed by atoms with E-state index in [1.54, 1.807) is 26.2 Å². The molecule has 2 aliphatic heterocycles. The van der Waals surface area contributed by atoms with Crippen LogP contribution in [0, 0.1) is 6.92 Å². The number of hydrogen-bond acceptors (Lipinski definition) is 7. The van der Waals surface area contributed by atoms with Crippen molar-refractivity contribution in [1.29, 1.82) is 0 Å². The SMILES string of the molecule is CCOC(=O)[C@H]1CCCCN1CC(=O)N1N=C(c2ccc(C)cc2)C[C@@H]1c1ccc(OC)cc1OC. The van der Waals surface area contributed by atoms with E-state index in [-0.39, 0.29) is 24.5 Å². The summed E-state index contributed by atoms with van der Waals surface area (Å²) >= 11 is 0. The summed E-state index contributed by atoms with van der Waals surface area (Å²) in [6.45, 7) is 4.94. The number of carbonyl (C=O) groups excluding carboxylic acids is 2. The lowest BCUT2D eigenvalue weighted by molar-refractivity contribution is -0.152. The first-order valence-corrected chi connectivity index (χ1v) is 12.5. The van der Waals surface area contributed by atoms with Crippen LogP contribution < -0.4 is 9.47 Å². The number of piperidine rings is 1. The van der Waals surface area contributed by atoms with E-state index in [0.717, 1.165) is 35.2 Å². The van der Waals surface area contributed by atoms with Gasteiger partial charge in [-0.3, -0.25) is 14.5 Å². The Morgan fingerprint density at radius 3 is 2.53 bits per heavy atom. The van der Waals surface area contributed by atoms with Crippen molar-refractivity contribution in [2.75, 3.05) is 33.9 Å². The molecule has 1 amide bonds. The number of carbonyl (C=O) groups is 2. The summed E-state index contributed by atoms with van der Waals surface area (Å²) in [5.74, 6) is 0.899. The van der Waals surface area contributed by atoms with Crippen LogP contribution in [0.4, 0.5) is 0 Å². The maximum Gasteiger partial charge on any atom is 0.323 e. The Bertz CT molecular complexity index is 1110. The van der Waals surface area contributed by atoms with E-state index in [0.29, 0.717) is 37.5 Å². The summed E-state index contributed by atoms with van der Waals surface area (Å²) in [6.07, 6.45) is 3.13. The lowest BCUT2D eigenvalue weighted by Gasteiger charge is -2.34. The lowest BCUT2D eigenvalue weighted by Crippen LogP contribution is -2.49. The normalized spacial score (nSPS) is 20.1. The number of likely N-dealkylation sites (tertiary alicyclic amines) is 1. The first-order chi connectivity index (χ1) is 17.4. The van der Waals surface area contributed by atoms with E-state index >= 15 is 0 Å². The lowest BCUT2D eigenvalue weighted by atomic mass is 9.97. The third kappa shape index (κ3) is 5.54. The molecule has 2 atom stereocenters. The van der Waals surface area contributed by atoms with Crippen LogP contribution in [0.15, 0.2) is 47.6 Å². The summed E-state index contributed by atoms with van der Waals surface area (Å²) < 4.78 is 16.3. The van der Waals surface area contributed by atoms with Crippen molar-refractivity contribution in [1.82, 2.24) is 9.91 Å². The van der Waals surface area contributed by atoms with Gasteiger partial charge in [0.1, 0.15) is 17.5 Å².